The van der Waals surface area contributed by atoms with Crippen molar-refractivity contribution in [1.82, 2.24) is 4.98 Å². The van der Waals surface area contributed by atoms with Gasteiger partial charge in [0, 0.05) is 46.1 Å². The van der Waals surface area contributed by atoms with E-state index in [9.17, 15) is 14.7 Å². The molecule has 1 unspecified atom stereocenters. The zero-order valence-corrected chi connectivity index (χ0v) is 22.3. The van der Waals surface area contributed by atoms with Gasteiger partial charge in [0.05, 0.1) is 40.2 Å². The zero-order valence-electron chi connectivity index (χ0n) is 21.5. The van der Waals surface area contributed by atoms with E-state index in [0.717, 1.165) is 12.2 Å². The molecule has 38 heavy (non-hydrogen) atoms. The quantitative estimate of drug-likeness (QED) is 0.280. The van der Waals surface area contributed by atoms with E-state index in [2.05, 4.69) is 4.98 Å². The van der Waals surface area contributed by atoms with Gasteiger partial charge in [-0.05, 0) is 49.4 Å². The molecule has 3 aromatic rings. The summed E-state index contributed by atoms with van der Waals surface area (Å²) >= 11 is 6.31. The summed E-state index contributed by atoms with van der Waals surface area (Å²) in [4.78, 5) is 31.0. The van der Waals surface area contributed by atoms with Gasteiger partial charge >= 0.3 is 5.97 Å². The maximum atomic E-state index is 13.5. The van der Waals surface area contributed by atoms with E-state index in [1.807, 2.05) is 0 Å². The Kier molecular flexibility index (Phi) is 10.1. The van der Waals surface area contributed by atoms with Crippen molar-refractivity contribution in [2.24, 2.45) is 0 Å². The Morgan fingerprint density at radius 1 is 1.03 bits per heavy atom. The number of pyridine rings is 1. The van der Waals surface area contributed by atoms with Crippen LogP contribution in [0, 0.1) is 0 Å². The lowest BCUT2D eigenvalue weighted by atomic mass is 9.99. The number of halogens is 1. The molecule has 0 saturated heterocycles. The van der Waals surface area contributed by atoms with Crippen LogP contribution < -0.4 is 19.1 Å². The molecular formula is C28H29ClN2O7. The SMILES string of the molecule is CCOC(=O)/C=C\C(=O)N(Cc1ccc(OC)cc1OC)c1ccc(Cl)cc1C(O)c1cccnc1OC. The Labute approximate surface area is 226 Å². The van der Waals surface area contributed by atoms with Crippen molar-refractivity contribution in [2.75, 3.05) is 32.8 Å². The van der Waals surface area contributed by atoms with Crippen molar-refractivity contribution in [3.8, 4) is 17.4 Å². The smallest absolute Gasteiger partial charge is 0.330 e. The van der Waals surface area contributed by atoms with E-state index < -0.39 is 18.0 Å². The third-order valence-electron chi connectivity index (χ3n) is 5.60. The molecule has 0 fully saturated rings. The topological polar surface area (TPSA) is 107 Å². The van der Waals surface area contributed by atoms with E-state index in [4.69, 9.17) is 30.5 Å². The van der Waals surface area contributed by atoms with Crippen LogP contribution in [0.2, 0.25) is 5.02 Å². The highest BCUT2D eigenvalue weighted by Crippen LogP contribution is 2.37. The predicted molar refractivity (Wildman–Crippen MR) is 143 cm³/mol. The molecule has 10 heteroatoms. The van der Waals surface area contributed by atoms with Gasteiger partial charge in [-0.25, -0.2) is 9.78 Å². The minimum atomic E-state index is -1.24. The number of ether oxygens (including phenoxy) is 4. The molecule has 0 bridgehead atoms. The lowest BCUT2D eigenvalue weighted by molar-refractivity contribution is -0.137. The van der Waals surface area contributed by atoms with Crippen molar-refractivity contribution in [3.05, 3.63) is 88.6 Å². The first-order valence-electron chi connectivity index (χ1n) is 11.7. The monoisotopic (exact) mass is 540 g/mol. The van der Waals surface area contributed by atoms with Crippen LogP contribution in [0.4, 0.5) is 5.69 Å². The first-order valence-corrected chi connectivity index (χ1v) is 12.0. The summed E-state index contributed by atoms with van der Waals surface area (Å²) in [6.07, 6.45) is 2.47. The molecule has 0 aliphatic carbocycles. The van der Waals surface area contributed by atoms with Crippen LogP contribution >= 0.6 is 11.6 Å². The van der Waals surface area contributed by atoms with Gasteiger partial charge in [0.25, 0.3) is 5.91 Å². The zero-order chi connectivity index (χ0) is 27.7. The average molecular weight is 541 g/mol. The molecule has 200 valence electrons. The Morgan fingerprint density at radius 2 is 1.82 bits per heavy atom. The number of benzene rings is 2. The van der Waals surface area contributed by atoms with Crippen LogP contribution in [-0.2, 0) is 20.9 Å². The van der Waals surface area contributed by atoms with Crippen LogP contribution in [0.5, 0.6) is 17.4 Å². The molecular weight excluding hydrogens is 512 g/mol. The minimum absolute atomic E-state index is 0.0324. The van der Waals surface area contributed by atoms with Gasteiger partial charge in [-0.2, -0.15) is 0 Å². The van der Waals surface area contributed by atoms with Crippen LogP contribution in [0.25, 0.3) is 0 Å². The Bertz CT molecular complexity index is 1310. The Balaban J connectivity index is 2.14. The molecule has 0 saturated carbocycles. The second-order valence-electron chi connectivity index (χ2n) is 7.90. The number of nitrogens with zero attached hydrogens (tertiary/aromatic N) is 2. The fourth-order valence-electron chi connectivity index (χ4n) is 3.79. The molecule has 0 aliphatic heterocycles. The Morgan fingerprint density at radius 3 is 2.50 bits per heavy atom. The number of aromatic nitrogens is 1. The highest BCUT2D eigenvalue weighted by Gasteiger charge is 2.26. The number of amides is 1. The van der Waals surface area contributed by atoms with E-state index in [1.54, 1.807) is 68.8 Å². The lowest BCUT2D eigenvalue weighted by Crippen LogP contribution is -2.30. The van der Waals surface area contributed by atoms with Crippen molar-refractivity contribution in [2.45, 2.75) is 19.6 Å². The van der Waals surface area contributed by atoms with E-state index in [1.165, 1.54) is 19.1 Å². The number of carbonyl (C=O) groups is 2. The minimum Gasteiger partial charge on any atom is -0.497 e. The fourth-order valence-corrected chi connectivity index (χ4v) is 3.97. The van der Waals surface area contributed by atoms with Gasteiger partial charge in [-0.15, -0.1) is 0 Å². The summed E-state index contributed by atoms with van der Waals surface area (Å²) in [5.41, 5.74) is 1.72. The third-order valence-corrected chi connectivity index (χ3v) is 5.84. The number of anilines is 1. The standard InChI is InChI=1S/C28H29ClN2O7/c1-5-38-26(33)13-12-25(32)31(17-18-8-10-20(35-2)16-24(18)36-3)23-11-9-19(29)15-22(23)27(34)21-7-6-14-30-28(21)37-4/h6-16,27,34H,5,17H2,1-4H3/b13-12-. The van der Waals surface area contributed by atoms with Crippen LogP contribution in [0.15, 0.2) is 66.9 Å². The Hall–Kier alpha value is -4.08. The van der Waals surface area contributed by atoms with Crippen molar-refractivity contribution in [3.63, 3.8) is 0 Å². The summed E-state index contributed by atoms with van der Waals surface area (Å²) in [5.74, 6) is 0.102. The predicted octanol–water partition coefficient (Wildman–Crippen LogP) is 4.50. The molecule has 1 atom stereocenters. The second-order valence-corrected chi connectivity index (χ2v) is 8.33. The highest BCUT2D eigenvalue weighted by atomic mass is 35.5. The summed E-state index contributed by atoms with van der Waals surface area (Å²) in [5, 5.41) is 11.8. The van der Waals surface area contributed by atoms with E-state index in [-0.39, 0.29) is 19.0 Å². The van der Waals surface area contributed by atoms with Crippen molar-refractivity contribution >= 4 is 29.2 Å². The second kappa shape index (κ2) is 13.5. The van der Waals surface area contributed by atoms with E-state index >= 15 is 0 Å². The highest BCUT2D eigenvalue weighted by molar-refractivity contribution is 6.30. The summed E-state index contributed by atoms with van der Waals surface area (Å²) < 4.78 is 21.0. The number of rotatable bonds is 11. The summed E-state index contributed by atoms with van der Waals surface area (Å²) in [6.45, 7) is 1.87. The first-order chi connectivity index (χ1) is 18.3. The molecule has 0 radical (unpaired) electrons. The van der Waals surface area contributed by atoms with Gasteiger partial charge in [0.2, 0.25) is 5.88 Å². The average Bonchev–Trinajstić information content (AvgIpc) is 2.94. The number of hydrogen-bond donors (Lipinski definition) is 1. The van der Waals surface area contributed by atoms with Crippen molar-refractivity contribution < 1.29 is 33.6 Å². The molecule has 1 heterocycles. The number of carbonyl (C=O) groups excluding carboxylic acids is 2. The van der Waals surface area contributed by atoms with E-state index in [0.29, 0.717) is 38.9 Å². The molecule has 3 rings (SSSR count). The number of esters is 1. The third kappa shape index (κ3) is 6.81. The van der Waals surface area contributed by atoms with Gasteiger partial charge in [0.15, 0.2) is 0 Å². The molecule has 9 nitrogen and oxygen atoms in total. The van der Waals surface area contributed by atoms with Crippen LogP contribution in [-0.4, -0.2) is 49.9 Å². The number of methoxy groups -OCH3 is 3. The fraction of sp³-hybridized carbons (Fsp3) is 0.250. The first kappa shape index (κ1) is 28.5. The molecule has 1 amide bonds. The summed E-state index contributed by atoms with van der Waals surface area (Å²) in [6, 6.07) is 13.3. The molecule has 1 N–H and O–H groups in total. The number of aliphatic hydroxyl groups excluding tert-OH is 1. The van der Waals surface area contributed by atoms with Crippen molar-refractivity contribution in [1.29, 1.82) is 0 Å². The van der Waals surface area contributed by atoms with Gasteiger partial charge in [0.1, 0.15) is 17.6 Å². The normalized spacial score (nSPS) is 11.6. The molecule has 1 aromatic heterocycles. The molecule has 2 aromatic carbocycles. The summed E-state index contributed by atoms with van der Waals surface area (Å²) in [7, 11) is 4.50. The number of hydrogen-bond acceptors (Lipinski definition) is 8. The number of aliphatic hydroxyl groups is 1. The maximum absolute atomic E-state index is 13.5. The van der Waals surface area contributed by atoms with Gasteiger partial charge < -0.3 is 29.0 Å². The largest absolute Gasteiger partial charge is 0.497 e. The van der Waals surface area contributed by atoms with Crippen LogP contribution in [0.3, 0.4) is 0 Å². The molecule has 0 spiro atoms. The van der Waals surface area contributed by atoms with Gasteiger partial charge in [-0.1, -0.05) is 11.6 Å². The lowest BCUT2D eigenvalue weighted by Gasteiger charge is -2.27. The maximum Gasteiger partial charge on any atom is 0.330 e. The molecule has 0 aliphatic rings. The van der Waals surface area contributed by atoms with Gasteiger partial charge in [-0.3, -0.25) is 4.79 Å². The van der Waals surface area contributed by atoms with Crippen LogP contribution in [0.1, 0.15) is 29.7 Å².